The topological polar surface area (TPSA) is 55.1 Å². The third-order valence-corrected chi connectivity index (χ3v) is 6.89. The Kier molecular flexibility index (Phi) is 6.29. The second-order valence-corrected chi connectivity index (χ2v) is 8.75. The van der Waals surface area contributed by atoms with Gasteiger partial charge < -0.3 is 11.1 Å². The third kappa shape index (κ3) is 4.69. The zero-order valence-corrected chi connectivity index (χ0v) is 16.9. The van der Waals surface area contributed by atoms with Gasteiger partial charge in [-0.2, -0.15) is 0 Å². The van der Waals surface area contributed by atoms with Crippen molar-refractivity contribution >= 4 is 5.91 Å². The lowest BCUT2D eigenvalue weighted by Gasteiger charge is -2.36. The number of carbonyl (C=O) groups excluding carboxylic acids is 1. The van der Waals surface area contributed by atoms with Crippen LogP contribution in [0.5, 0.6) is 0 Å². The molecule has 4 rings (SSSR count). The molecule has 0 heterocycles. The number of benzene rings is 2. The Bertz CT molecular complexity index is 830. The van der Waals surface area contributed by atoms with Crippen LogP contribution in [0, 0.1) is 17.7 Å². The molecule has 0 saturated heterocycles. The predicted molar refractivity (Wildman–Crippen MR) is 114 cm³/mol. The first kappa shape index (κ1) is 20.1. The molecule has 2 aromatic rings. The number of rotatable bonds is 5. The van der Waals surface area contributed by atoms with Gasteiger partial charge in [-0.05, 0) is 86.2 Å². The van der Waals surface area contributed by atoms with Crippen LogP contribution in [0.1, 0.15) is 54.7 Å². The van der Waals surface area contributed by atoms with Crippen LogP contribution in [0.25, 0.3) is 0 Å². The van der Waals surface area contributed by atoms with Crippen LogP contribution in [0.2, 0.25) is 0 Å². The van der Waals surface area contributed by atoms with Gasteiger partial charge in [0.25, 0.3) is 0 Å². The lowest BCUT2D eigenvalue weighted by atomic mass is 9.75. The number of amides is 1. The highest BCUT2D eigenvalue weighted by molar-refractivity contribution is 5.79. The van der Waals surface area contributed by atoms with Crippen LogP contribution in [0.15, 0.2) is 48.5 Å². The highest BCUT2D eigenvalue weighted by Crippen LogP contribution is 2.36. The average molecular weight is 395 g/mol. The monoisotopic (exact) mass is 394 g/mol. The number of nitrogens with one attached hydrogen (secondary N) is 1. The number of hydrogen-bond donors (Lipinski definition) is 2. The Morgan fingerprint density at radius 2 is 1.79 bits per heavy atom. The van der Waals surface area contributed by atoms with Crippen molar-refractivity contribution in [1.29, 1.82) is 0 Å². The molecule has 1 saturated carbocycles. The molecular formula is C25H31FN2O. The highest BCUT2D eigenvalue weighted by atomic mass is 19.1. The van der Waals surface area contributed by atoms with Crippen molar-refractivity contribution in [2.75, 3.05) is 6.54 Å². The van der Waals surface area contributed by atoms with E-state index in [9.17, 15) is 9.18 Å². The molecule has 2 atom stereocenters. The van der Waals surface area contributed by atoms with Crippen LogP contribution in [-0.2, 0) is 17.6 Å². The maximum Gasteiger partial charge on any atom is 0.223 e. The molecule has 2 aromatic carbocycles. The number of carbonyl (C=O) groups is 1. The van der Waals surface area contributed by atoms with E-state index in [-0.39, 0.29) is 29.6 Å². The van der Waals surface area contributed by atoms with E-state index in [1.807, 2.05) is 24.3 Å². The highest BCUT2D eigenvalue weighted by Gasteiger charge is 2.33. The van der Waals surface area contributed by atoms with Crippen molar-refractivity contribution in [1.82, 2.24) is 5.32 Å². The maximum atomic E-state index is 13.8. The molecule has 1 amide bonds. The second-order valence-electron chi connectivity index (χ2n) is 8.75. The molecule has 1 fully saturated rings. The molecule has 2 aliphatic rings. The van der Waals surface area contributed by atoms with Gasteiger partial charge in [0.05, 0.1) is 0 Å². The van der Waals surface area contributed by atoms with Gasteiger partial charge >= 0.3 is 0 Å². The summed E-state index contributed by atoms with van der Waals surface area (Å²) >= 11 is 0. The largest absolute Gasteiger partial charge is 0.352 e. The second kappa shape index (κ2) is 9.08. The minimum absolute atomic E-state index is 0.0906. The fraction of sp³-hybridized carbons (Fsp3) is 0.480. The summed E-state index contributed by atoms with van der Waals surface area (Å²) in [5.74, 6) is 0.854. The molecule has 2 aliphatic carbocycles. The van der Waals surface area contributed by atoms with Gasteiger partial charge in [0.15, 0.2) is 0 Å². The Balaban J connectivity index is 1.51. The van der Waals surface area contributed by atoms with Gasteiger partial charge in [-0.15, -0.1) is 0 Å². The van der Waals surface area contributed by atoms with Gasteiger partial charge in [-0.1, -0.05) is 36.4 Å². The summed E-state index contributed by atoms with van der Waals surface area (Å²) in [4.78, 5) is 13.0. The Labute approximate surface area is 172 Å². The van der Waals surface area contributed by atoms with Gasteiger partial charge in [0.1, 0.15) is 5.82 Å². The SMILES string of the molecule is NCC1CCC(C(=O)N[C@@H]2CCc3cc(F)ccc3C2Cc2ccccc2)CC1. The standard InChI is InChI=1S/C25H31FN2O/c26-21-11-12-22-20(15-21)10-13-24(23(22)14-17-4-2-1-3-5-17)28-25(29)19-8-6-18(16-27)7-9-19/h1-5,11-12,15,18-19,23-24H,6-10,13-14,16,27H2,(H,28,29)/t18?,19?,23?,24-/m1/s1. The van der Waals surface area contributed by atoms with Crippen molar-refractivity contribution in [3.8, 4) is 0 Å². The average Bonchev–Trinajstić information content (AvgIpc) is 2.76. The molecule has 0 radical (unpaired) electrons. The van der Waals surface area contributed by atoms with E-state index >= 15 is 0 Å². The van der Waals surface area contributed by atoms with E-state index in [1.54, 1.807) is 12.1 Å². The van der Waals surface area contributed by atoms with Gasteiger partial charge in [0, 0.05) is 17.9 Å². The minimum atomic E-state index is -0.179. The summed E-state index contributed by atoms with van der Waals surface area (Å²) in [6.45, 7) is 0.726. The first-order valence-electron chi connectivity index (χ1n) is 11.0. The number of fused-ring (bicyclic) bond motifs is 1. The van der Waals surface area contributed by atoms with Crippen molar-refractivity contribution < 1.29 is 9.18 Å². The van der Waals surface area contributed by atoms with Crippen molar-refractivity contribution in [2.24, 2.45) is 17.6 Å². The summed E-state index contributed by atoms with van der Waals surface area (Å²) in [7, 11) is 0. The van der Waals surface area contributed by atoms with Crippen molar-refractivity contribution in [3.05, 3.63) is 71.0 Å². The Hall–Kier alpha value is -2.20. The normalized spacial score (nSPS) is 26.6. The van der Waals surface area contributed by atoms with E-state index in [0.29, 0.717) is 5.92 Å². The summed E-state index contributed by atoms with van der Waals surface area (Å²) in [5.41, 5.74) is 9.30. The summed E-state index contributed by atoms with van der Waals surface area (Å²) < 4.78 is 13.8. The fourth-order valence-electron chi connectivity index (χ4n) is 5.14. The quantitative estimate of drug-likeness (QED) is 0.792. The van der Waals surface area contributed by atoms with E-state index in [1.165, 1.54) is 11.1 Å². The summed E-state index contributed by atoms with van der Waals surface area (Å²) in [6.07, 6.45) is 6.49. The number of nitrogens with two attached hydrogens (primary N) is 1. The molecule has 3 nitrogen and oxygen atoms in total. The molecule has 154 valence electrons. The van der Waals surface area contributed by atoms with Crippen LogP contribution < -0.4 is 11.1 Å². The fourth-order valence-corrected chi connectivity index (χ4v) is 5.14. The minimum Gasteiger partial charge on any atom is -0.352 e. The third-order valence-electron chi connectivity index (χ3n) is 6.89. The lowest BCUT2D eigenvalue weighted by molar-refractivity contribution is -0.127. The van der Waals surface area contributed by atoms with Crippen LogP contribution in [-0.4, -0.2) is 18.5 Å². The zero-order valence-electron chi connectivity index (χ0n) is 16.9. The maximum absolute atomic E-state index is 13.8. The zero-order chi connectivity index (χ0) is 20.2. The molecule has 0 spiro atoms. The van der Waals surface area contributed by atoms with E-state index < -0.39 is 0 Å². The smallest absolute Gasteiger partial charge is 0.223 e. The molecular weight excluding hydrogens is 363 g/mol. The van der Waals surface area contributed by atoms with E-state index in [4.69, 9.17) is 5.73 Å². The van der Waals surface area contributed by atoms with Crippen LogP contribution in [0.3, 0.4) is 0 Å². The van der Waals surface area contributed by atoms with Crippen molar-refractivity contribution in [2.45, 2.75) is 56.9 Å². The first-order valence-corrected chi connectivity index (χ1v) is 11.0. The van der Waals surface area contributed by atoms with Crippen LogP contribution in [0.4, 0.5) is 4.39 Å². The van der Waals surface area contributed by atoms with Gasteiger partial charge in [0.2, 0.25) is 5.91 Å². The molecule has 29 heavy (non-hydrogen) atoms. The summed E-state index contributed by atoms with van der Waals surface area (Å²) in [5, 5.41) is 3.38. The molecule has 3 N–H and O–H groups in total. The lowest BCUT2D eigenvalue weighted by Crippen LogP contribution is -2.45. The Morgan fingerprint density at radius 1 is 1.03 bits per heavy atom. The Morgan fingerprint density at radius 3 is 2.52 bits per heavy atom. The first-order chi connectivity index (χ1) is 14.1. The van der Waals surface area contributed by atoms with E-state index in [0.717, 1.165) is 57.1 Å². The number of halogens is 1. The molecule has 0 aromatic heterocycles. The van der Waals surface area contributed by atoms with E-state index in [2.05, 4.69) is 17.4 Å². The number of hydrogen-bond acceptors (Lipinski definition) is 2. The summed E-state index contributed by atoms with van der Waals surface area (Å²) in [6, 6.07) is 15.6. The molecule has 1 unspecified atom stereocenters. The molecule has 0 bridgehead atoms. The van der Waals surface area contributed by atoms with Crippen molar-refractivity contribution in [3.63, 3.8) is 0 Å². The van der Waals surface area contributed by atoms with Crippen LogP contribution >= 0.6 is 0 Å². The van der Waals surface area contributed by atoms with Gasteiger partial charge in [-0.25, -0.2) is 4.39 Å². The number of aryl methyl sites for hydroxylation is 1. The predicted octanol–water partition coefficient (Wildman–Crippen LogP) is 4.35. The van der Waals surface area contributed by atoms with Gasteiger partial charge in [-0.3, -0.25) is 4.79 Å². The molecule has 4 heteroatoms. The molecule has 0 aliphatic heterocycles.